The van der Waals surface area contributed by atoms with E-state index < -0.39 is 23.9 Å². The highest BCUT2D eigenvalue weighted by atomic mass is 16.6. The molecule has 8 nitrogen and oxygen atoms in total. The summed E-state index contributed by atoms with van der Waals surface area (Å²) in [4.78, 5) is 31.1. The first-order valence-corrected chi connectivity index (χ1v) is 11.2. The smallest absolute Gasteiger partial charge is 0.410 e. The summed E-state index contributed by atoms with van der Waals surface area (Å²) in [5.41, 5.74) is 8.83. The van der Waals surface area contributed by atoms with Crippen LogP contribution < -0.4 is 11.1 Å². The monoisotopic (exact) mass is 449 g/mol. The average Bonchev–Trinajstić information content (AvgIpc) is 2.78. The van der Waals surface area contributed by atoms with Crippen molar-refractivity contribution in [2.75, 3.05) is 6.54 Å². The van der Waals surface area contributed by atoms with Crippen molar-refractivity contribution in [3.05, 3.63) is 53.9 Å². The number of carbonyl (C=O) groups excluding carboxylic acids is 2. The topological polar surface area (TPSA) is 121 Å². The van der Waals surface area contributed by atoms with Gasteiger partial charge in [0.25, 0.3) is 0 Å². The molecule has 1 saturated heterocycles. The maximum Gasteiger partial charge on any atom is 0.410 e. The van der Waals surface area contributed by atoms with Crippen molar-refractivity contribution in [3.8, 4) is 17.2 Å². The molecule has 2 aromatic rings. The van der Waals surface area contributed by atoms with Crippen LogP contribution in [0.1, 0.15) is 51.3 Å². The minimum absolute atomic E-state index is 0.256. The second kappa shape index (κ2) is 10.5. The van der Waals surface area contributed by atoms with Crippen molar-refractivity contribution in [1.82, 2.24) is 15.2 Å². The van der Waals surface area contributed by atoms with Crippen LogP contribution in [0.15, 0.2) is 42.6 Å². The fourth-order valence-electron chi connectivity index (χ4n) is 3.79. The van der Waals surface area contributed by atoms with E-state index in [1.165, 1.54) is 4.90 Å². The number of hydrogen-bond acceptors (Lipinski definition) is 6. The van der Waals surface area contributed by atoms with Crippen LogP contribution in [-0.2, 0) is 16.0 Å². The third kappa shape index (κ3) is 6.77. The lowest BCUT2D eigenvalue weighted by Crippen LogP contribution is -2.56. The van der Waals surface area contributed by atoms with Crippen molar-refractivity contribution >= 4 is 12.0 Å². The third-order valence-electron chi connectivity index (χ3n) is 5.38. The number of amides is 2. The summed E-state index contributed by atoms with van der Waals surface area (Å²) in [6.07, 6.45) is 3.38. The second-order valence-corrected chi connectivity index (χ2v) is 9.25. The summed E-state index contributed by atoms with van der Waals surface area (Å²) in [6, 6.07) is 12.8. The quantitative estimate of drug-likeness (QED) is 0.675. The van der Waals surface area contributed by atoms with Gasteiger partial charge < -0.3 is 15.8 Å². The number of hydrogen-bond donors (Lipinski definition) is 2. The number of nitriles is 1. The number of ether oxygens (including phenoxy) is 1. The van der Waals surface area contributed by atoms with Gasteiger partial charge in [-0.2, -0.15) is 5.26 Å². The van der Waals surface area contributed by atoms with Gasteiger partial charge in [0.2, 0.25) is 5.91 Å². The number of nitrogens with two attached hydrogens (primary N) is 1. The molecule has 2 amide bonds. The van der Waals surface area contributed by atoms with Gasteiger partial charge in [-0.15, -0.1) is 0 Å². The van der Waals surface area contributed by atoms with E-state index in [1.807, 2.05) is 57.2 Å². The summed E-state index contributed by atoms with van der Waals surface area (Å²) >= 11 is 0. The number of pyridine rings is 1. The molecule has 0 radical (unpaired) electrons. The van der Waals surface area contributed by atoms with Crippen LogP contribution in [0.5, 0.6) is 0 Å². The number of nitrogens with one attached hydrogen (secondary N) is 1. The summed E-state index contributed by atoms with van der Waals surface area (Å²) in [5, 5.41) is 11.7. The molecule has 0 spiro atoms. The van der Waals surface area contributed by atoms with Crippen LogP contribution in [0.3, 0.4) is 0 Å². The maximum absolute atomic E-state index is 12.9. The summed E-state index contributed by atoms with van der Waals surface area (Å²) < 4.78 is 5.47. The molecule has 3 rings (SSSR count). The Morgan fingerprint density at radius 1 is 1.21 bits per heavy atom. The highest BCUT2D eigenvalue weighted by molar-refractivity contribution is 5.86. The zero-order valence-electron chi connectivity index (χ0n) is 19.4. The molecular weight excluding hydrogens is 418 g/mol. The van der Waals surface area contributed by atoms with E-state index in [2.05, 4.69) is 10.3 Å². The van der Waals surface area contributed by atoms with E-state index in [0.717, 1.165) is 29.5 Å². The Balaban J connectivity index is 1.58. The Bertz CT molecular complexity index is 1010. The molecule has 1 aromatic carbocycles. The first-order chi connectivity index (χ1) is 15.7. The zero-order valence-corrected chi connectivity index (χ0v) is 19.4. The molecule has 174 valence electrons. The Hall–Kier alpha value is -3.44. The fraction of sp³-hybridized carbons (Fsp3) is 0.440. The number of likely N-dealkylation sites (tertiary alicyclic amines) is 1. The molecular formula is C25H31N5O3. The van der Waals surface area contributed by atoms with Crippen molar-refractivity contribution in [1.29, 1.82) is 5.26 Å². The predicted molar refractivity (Wildman–Crippen MR) is 125 cm³/mol. The van der Waals surface area contributed by atoms with Gasteiger partial charge in [-0.25, -0.2) is 9.78 Å². The van der Waals surface area contributed by atoms with Crippen LogP contribution in [0.25, 0.3) is 11.1 Å². The molecule has 0 bridgehead atoms. The second-order valence-electron chi connectivity index (χ2n) is 9.25. The van der Waals surface area contributed by atoms with Crippen LogP contribution >= 0.6 is 0 Å². The molecule has 1 aliphatic rings. The Labute approximate surface area is 194 Å². The Morgan fingerprint density at radius 3 is 2.52 bits per heavy atom. The lowest BCUT2D eigenvalue weighted by atomic mass is 10.0. The van der Waals surface area contributed by atoms with Gasteiger partial charge in [-0.3, -0.25) is 9.69 Å². The number of carbonyl (C=O) groups is 2. The molecule has 0 saturated carbocycles. The van der Waals surface area contributed by atoms with Gasteiger partial charge in [0.15, 0.2) is 0 Å². The molecule has 0 unspecified atom stereocenters. The summed E-state index contributed by atoms with van der Waals surface area (Å²) in [5.74, 6) is -0.256. The van der Waals surface area contributed by atoms with Crippen LogP contribution in [-0.4, -0.2) is 46.2 Å². The largest absolute Gasteiger partial charge is 0.444 e. The third-order valence-corrected chi connectivity index (χ3v) is 5.38. The van der Waals surface area contributed by atoms with E-state index in [-0.39, 0.29) is 5.91 Å². The van der Waals surface area contributed by atoms with Crippen LogP contribution in [0.4, 0.5) is 4.79 Å². The van der Waals surface area contributed by atoms with Gasteiger partial charge in [0, 0.05) is 24.7 Å². The normalized spacial score (nSPS) is 17.1. The van der Waals surface area contributed by atoms with Crippen LogP contribution in [0.2, 0.25) is 0 Å². The molecule has 1 aliphatic heterocycles. The van der Waals surface area contributed by atoms with Crippen molar-refractivity contribution in [2.24, 2.45) is 5.73 Å². The number of rotatable bonds is 5. The minimum Gasteiger partial charge on any atom is -0.444 e. The van der Waals surface area contributed by atoms with E-state index >= 15 is 0 Å². The number of benzene rings is 1. The van der Waals surface area contributed by atoms with Gasteiger partial charge in [0.05, 0.1) is 6.17 Å². The highest BCUT2D eigenvalue weighted by Gasteiger charge is 2.35. The predicted octanol–water partition coefficient (Wildman–Crippen LogP) is 3.35. The molecule has 3 N–H and O–H groups in total. The Morgan fingerprint density at radius 2 is 1.91 bits per heavy atom. The molecule has 0 aliphatic carbocycles. The number of nitrogens with zero attached hydrogens (tertiary/aromatic N) is 3. The summed E-state index contributed by atoms with van der Waals surface area (Å²) in [7, 11) is 0. The van der Waals surface area contributed by atoms with E-state index in [9.17, 15) is 9.59 Å². The molecule has 1 aromatic heterocycles. The standard InChI is InChI=1S/C25H31N5O3/c1-25(2,3)33-24(32)30-13-5-4-6-21(30)23(31)29-22(27)14-17-7-9-18(10-8-17)19-11-12-20(15-26)28-16-19/h7-12,16,21-22H,4-6,13-14,27H2,1-3H3,(H,29,31)/t21-,22-/m0/s1. The van der Waals surface area contributed by atoms with Gasteiger partial charge in [0.1, 0.15) is 23.4 Å². The molecule has 8 heteroatoms. The van der Waals surface area contributed by atoms with E-state index in [1.54, 1.807) is 12.3 Å². The fourth-order valence-corrected chi connectivity index (χ4v) is 3.79. The molecule has 2 atom stereocenters. The first kappa shape index (κ1) is 24.2. The van der Waals surface area contributed by atoms with Crippen molar-refractivity contribution in [2.45, 2.75) is 64.3 Å². The number of piperidine rings is 1. The SMILES string of the molecule is CC(C)(C)OC(=O)N1CCCC[C@H]1C(=O)N[C@H](N)Cc1ccc(-c2ccc(C#N)nc2)cc1. The van der Waals surface area contributed by atoms with Crippen molar-refractivity contribution < 1.29 is 14.3 Å². The summed E-state index contributed by atoms with van der Waals surface area (Å²) in [6.45, 7) is 5.92. The Kier molecular flexibility index (Phi) is 7.67. The maximum atomic E-state index is 12.9. The lowest BCUT2D eigenvalue weighted by molar-refractivity contribution is -0.128. The van der Waals surface area contributed by atoms with Gasteiger partial charge >= 0.3 is 6.09 Å². The molecule has 1 fully saturated rings. The molecule has 2 heterocycles. The van der Waals surface area contributed by atoms with Crippen molar-refractivity contribution in [3.63, 3.8) is 0 Å². The van der Waals surface area contributed by atoms with Gasteiger partial charge in [-0.1, -0.05) is 24.3 Å². The van der Waals surface area contributed by atoms with E-state index in [0.29, 0.717) is 25.1 Å². The minimum atomic E-state index is -0.619. The molecule has 33 heavy (non-hydrogen) atoms. The first-order valence-electron chi connectivity index (χ1n) is 11.2. The highest BCUT2D eigenvalue weighted by Crippen LogP contribution is 2.22. The zero-order chi connectivity index (χ0) is 24.0. The number of aromatic nitrogens is 1. The van der Waals surface area contributed by atoms with Crippen LogP contribution in [0, 0.1) is 11.3 Å². The lowest BCUT2D eigenvalue weighted by Gasteiger charge is -2.36. The average molecular weight is 450 g/mol. The van der Waals surface area contributed by atoms with E-state index in [4.69, 9.17) is 15.7 Å². The van der Waals surface area contributed by atoms with Gasteiger partial charge in [-0.05, 0) is 63.3 Å².